The molecule has 0 radical (unpaired) electrons. The van der Waals surface area contributed by atoms with Crippen LogP contribution in [-0.4, -0.2) is 25.4 Å². The lowest BCUT2D eigenvalue weighted by Crippen LogP contribution is -2.47. The largest absolute Gasteiger partial charge is 0.377 e. The molecule has 0 saturated heterocycles. The first-order chi connectivity index (χ1) is 11.9. The van der Waals surface area contributed by atoms with Crippen LogP contribution in [0.2, 0.25) is 0 Å². The quantitative estimate of drug-likeness (QED) is 0.775. The second kappa shape index (κ2) is 2.39. The van der Waals surface area contributed by atoms with E-state index in [1.54, 1.807) is 0 Å². The Hall–Kier alpha value is -0.0800. The molecule has 0 N–H and O–H groups in total. The fourth-order valence-corrected chi connectivity index (χ4v) is 16.1. The number of methoxy groups -OCH3 is 2. The summed E-state index contributed by atoms with van der Waals surface area (Å²) in [4.78, 5) is 0. The Labute approximate surface area is 142 Å². The predicted molar refractivity (Wildman–Crippen MR) is 82.3 cm³/mol. The molecule has 12 aliphatic carbocycles. The molecule has 0 amide bonds. The van der Waals surface area contributed by atoms with Gasteiger partial charge in [0.05, 0.1) is 11.2 Å². The van der Waals surface area contributed by atoms with Gasteiger partial charge in [-0.3, -0.25) is 0 Å². The molecule has 0 bridgehead atoms. The van der Waals surface area contributed by atoms with Crippen LogP contribution in [-0.2, 0) is 9.47 Å². The lowest BCUT2D eigenvalue weighted by Gasteiger charge is -2.40. The third kappa shape index (κ3) is 0.504. The third-order valence-corrected chi connectivity index (χ3v) is 14.1. The fourth-order valence-electron chi connectivity index (χ4n) is 16.1. The van der Waals surface area contributed by atoms with Crippen LogP contribution in [0.25, 0.3) is 0 Å². The molecular formula is C22H24O2. The summed E-state index contributed by atoms with van der Waals surface area (Å²) in [7, 11) is 4.25. The van der Waals surface area contributed by atoms with Gasteiger partial charge >= 0.3 is 0 Å². The summed E-state index contributed by atoms with van der Waals surface area (Å²) >= 11 is 0. The van der Waals surface area contributed by atoms with Gasteiger partial charge in [-0.1, -0.05) is 0 Å². The molecule has 2 heteroatoms. The summed E-state index contributed by atoms with van der Waals surface area (Å²) in [5.74, 6) is 19.1. The molecule has 24 heavy (non-hydrogen) atoms. The molecule has 0 aromatic heterocycles. The topological polar surface area (TPSA) is 18.5 Å². The second-order valence-electron chi connectivity index (χ2n) is 12.2. The van der Waals surface area contributed by atoms with E-state index in [0.29, 0.717) is 11.2 Å². The van der Waals surface area contributed by atoms with Crippen molar-refractivity contribution in [3.8, 4) is 0 Å². The van der Waals surface area contributed by atoms with E-state index in [-0.39, 0.29) is 0 Å². The first-order valence-electron chi connectivity index (χ1n) is 11.0. The van der Waals surface area contributed by atoms with Gasteiger partial charge < -0.3 is 9.47 Å². The average Bonchev–Trinajstić information content (AvgIpc) is 3.27. The van der Waals surface area contributed by atoms with Crippen LogP contribution < -0.4 is 0 Å². The molecule has 0 spiro atoms. The molecule has 0 aliphatic heterocycles. The Morgan fingerprint density at radius 2 is 0.667 bits per heavy atom. The van der Waals surface area contributed by atoms with Crippen LogP contribution in [0.5, 0.6) is 0 Å². The highest BCUT2D eigenvalue weighted by Crippen LogP contribution is 3.03. The highest BCUT2D eigenvalue weighted by atomic mass is 16.5. The molecule has 20 atom stereocenters. The highest BCUT2D eigenvalue weighted by Gasteiger charge is 3.05. The third-order valence-electron chi connectivity index (χ3n) is 14.1. The lowest BCUT2D eigenvalue weighted by atomic mass is 9.74. The Balaban J connectivity index is 1.43. The van der Waals surface area contributed by atoms with Crippen molar-refractivity contribution in [3.05, 3.63) is 0 Å². The molecule has 12 aliphatic rings. The highest BCUT2D eigenvalue weighted by molar-refractivity contribution is 5.52. The van der Waals surface area contributed by atoms with E-state index in [4.69, 9.17) is 9.47 Å². The van der Waals surface area contributed by atoms with E-state index >= 15 is 0 Å². The van der Waals surface area contributed by atoms with Crippen molar-refractivity contribution < 1.29 is 9.47 Å². The Morgan fingerprint density at radius 1 is 0.375 bits per heavy atom. The maximum atomic E-state index is 6.75. The molecule has 12 saturated carbocycles. The van der Waals surface area contributed by atoms with Gasteiger partial charge in [0.25, 0.3) is 0 Å². The Kier molecular flexibility index (Phi) is 1.09. The van der Waals surface area contributed by atoms with Crippen LogP contribution >= 0.6 is 0 Å². The van der Waals surface area contributed by atoms with Gasteiger partial charge in [-0.15, -0.1) is 0 Å². The summed E-state index contributed by atoms with van der Waals surface area (Å²) in [5, 5.41) is 0. The van der Waals surface area contributed by atoms with Gasteiger partial charge in [0.15, 0.2) is 0 Å². The molecule has 124 valence electrons. The summed E-state index contributed by atoms with van der Waals surface area (Å²) < 4.78 is 13.5. The van der Waals surface area contributed by atoms with Crippen LogP contribution in [0.15, 0.2) is 0 Å². The van der Waals surface area contributed by atoms with Crippen LogP contribution in [0.1, 0.15) is 0 Å². The van der Waals surface area contributed by atoms with Crippen LogP contribution in [0, 0.1) is 107 Å². The first kappa shape index (κ1) is 10.9. The number of hydrogen-bond acceptors (Lipinski definition) is 2. The number of hydrogen-bond donors (Lipinski definition) is 0. The average molecular weight is 320 g/mol. The lowest BCUT2D eigenvalue weighted by molar-refractivity contribution is -0.110. The van der Waals surface area contributed by atoms with Gasteiger partial charge in [-0.2, -0.15) is 0 Å². The molecule has 12 fully saturated rings. The van der Waals surface area contributed by atoms with Crippen molar-refractivity contribution >= 4 is 0 Å². The molecule has 20 unspecified atom stereocenters. The van der Waals surface area contributed by atoms with Gasteiger partial charge in [0, 0.05) is 14.2 Å². The van der Waals surface area contributed by atoms with E-state index in [1.807, 2.05) is 0 Å². The molecule has 12 rings (SSSR count). The SMILES string of the molecule is COC12C3C4C5C6C7C8C(C1C74)C1C2C2C3C5C3C6C8C1(OC)C32. The Morgan fingerprint density at radius 3 is 1.04 bits per heavy atom. The second-order valence-corrected chi connectivity index (χ2v) is 12.2. The normalized spacial score (nSPS) is 98.2. The fraction of sp³-hybridized carbons (Fsp3) is 1.00. The van der Waals surface area contributed by atoms with Crippen molar-refractivity contribution in [1.29, 1.82) is 0 Å². The summed E-state index contributed by atoms with van der Waals surface area (Å²) in [6, 6.07) is 0. The Bertz CT molecular complexity index is 770. The van der Waals surface area contributed by atoms with E-state index < -0.39 is 0 Å². The zero-order valence-electron chi connectivity index (χ0n) is 14.2. The van der Waals surface area contributed by atoms with Gasteiger partial charge in [0.1, 0.15) is 0 Å². The molecule has 0 aromatic carbocycles. The van der Waals surface area contributed by atoms with Gasteiger partial charge in [-0.25, -0.2) is 0 Å². The van der Waals surface area contributed by atoms with Gasteiger partial charge in [0.2, 0.25) is 0 Å². The van der Waals surface area contributed by atoms with Crippen molar-refractivity contribution in [2.24, 2.45) is 107 Å². The van der Waals surface area contributed by atoms with E-state index in [2.05, 4.69) is 14.2 Å². The van der Waals surface area contributed by atoms with Crippen molar-refractivity contribution in [3.63, 3.8) is 0 Å². The minimum absolute atomic E-state index is 0.337. The molecule has 0 heterocycles. The van der Waals surface area contributed by atoms with Crippen molar-refractivity contribution in [2.75, 3.05) is 14.2 Å². The maximum Gasteiger partial charge on any atom is 0.0780 e. The minimum Gasteiger partial charge on any atom is -0.377 e. The predicted octanol–water partition coefficient (Wildman–Crippen LogP) is 2.00. The minimum atomic E-state index is 0.337. The van der Waals surface area contributed by atoms with Crippen LogP contribution in [0.4, 0.5) is 0 Å². The summed E-state index contributed by atoms with van der Waals surface area (Å²) in [5.41, 5.74) is 0.674. The van der Waals surface area contributed by atoms with Crippen LogP contribution in [0.3, 0.4) is 0 Å². The smallest absolute Gasteiger partial charge is 0.0780 e. The maximum absolute atomic E-state index is 6.75. The number of ether oxygens (including phenoxy) is 2. The zero-order valence-corrected chi connectivity index (χ0v) is 14.2. The van der Waals surface area contributed by atoms with E-state index in [1.165, 1.54) is 0 Å². The molecule has 0 aromatic rings. The van der Waals surface area contributed by atoms with E-state index in [0.717, 1.165) is 107 Å². The molecule has 2 nitrogen and oxygen atoms in total. The number of rotatable bonds is 2. The standard InChI is InChI=1S/C22H24O2/c1-23-21-15-7-3-4-5-9(7)17(21)13-12(5)16-8(4)10-6(3)11(15)14-18(10)22(16,24-2)20(13)19(14)21/h3-20H,1-2H3. The first-order valence-corrected chi connectivity index (χ1v) is 11.0. The monoisotopic (exact) mass is 320 g/mol. The zero-order chi connectivity index (χ0) is 14.8. The van der Waals surface area contributed by atoms with Crippen molar-refractivity contribution in [1.82, 2.24) is 0 Å². The van der Waals surface area contributed by atoms with Gasteiger partial charge in [-0.05, 0) is 107 Å². The summed E-state index contributed by atoms with van der Waals surface area (Å²) in [6.07, 6.45) is 0. The molecular weight excluding hydrogens is 296 g/mol. The summed E-state index contributed by atoms with van der Waals surface area (Å²) in [6.45, 7) is 0. The van der Waals surface area contributed by atoms with Crippen molar-refractivity contribution in [2.45, 2.75) is 11.2 Å². The van der Waals surface area contributed by atoms with E-state index in [9.17, 15) is 0 Å².